The zero-order chi connectivity index (χ0) is 13.7. The molecule has 2 rings (SSSR count). The van der Waals surface area contributed by atoms with Gasteiger partial charge in [-0.25, -0.2) is 0 Å². The highest BCUT2D eigenvalue weighted by Gasteiger charge is 2.19. The maximum absolute atomic E-state index is 5.28. The van der Waals surface area contributed by atoms with Crippen molar-refractivity contribution in [2.75, 3.05) is 7.11 Å². The van der Waals surface area contributed by atoms with E-state index in [4.69, 9.17) is 4.74 Å². The molecule has 1 N–H and O–H groups in total. The molecular weight excluding hydrogens is 302 g/mol. The average Bonchev–Trinajstić information content (AvgIpc) is 2.47. The average molecular weight is 326 g/mol. The second kappa shape index (κ2) is 7.30. The van der Waals surface area contributed by atoms with Crippen molar-refractivity contribution in [2.45, 2.75) is 51.6 Å². The number of halogens is 1. The van der Waals surface area contributed by atoms with E-state index in [0.717, 1.165) is 22.7 Å². The third-order valence-electron chi connectivity index (χ3n) is 4.22. The summed E-state index contributed by atoms with van der Waals surface area (Å²) in [6, 6.07) is 6.74. The molecule has 106 valence electrons. The molecule has 0 spiro atoms. The lowest BCUT2D eigenvalue weighted by Crippen LogP contribution is -2.34. The minimum Gasteiger partial charge on any atom is -0.497 e. The monoisotopic (exact) mass is 325 g/mol. The summed E-state index contributed by atoms with van der Waals surface area (Å²) >= 11 is 3.61. The molecule has 1 aromatic carbocycles. The van der Waals surface area contributed by atoms with E-state index in [2.05, 4.69) is 40.3 Å². The molecule has 1 atom stereocenters. The molecule has 0 saturated heterocycles. The summed E-state index contributed by atoms with van der Waals surface area (Å²) in [5.41, 5.74) is 1.27. The van der Waals surface area contributed by atoms with Crippen LogP contribution >= 0.6 is 15.9 Å². The summed E-state index contributed by atoms with van der Waals surface area (Å²) in [5.74, 6) is 1.77. The molecule has 1 aromatic rings. The Morgan fingerprint density at radius 1 is 1.32 bits per heavy atom. The molecular formula is C16H24BrNO. The van der Waals surface area contributed by atoms with Crippen LogP contribution in [0.2, 0.25) is 0 Å². The Labute approximate surface area is 125 Å². The van der Waals surface area contributed by atoms with Gasteiger partial charge in [-0.05, 0) is 49.4 Å². The summed E-state index contributed by atoms with van der Waals surface area (Å²) in [6.45, 7) is 3.22. The highest BCUT2D eigenvalue weighted by atomic mass is 79.9. The quantitative estimate of drug-likeness (QED) is 0.859. The zero-order valence-corrected chi connectivity index (χ0v) is 13.5. The van der Waals surface area contributed by atoms with Gasteiger partial charge in [0.2, 0.25) is 0 Å². The SMILES string of the molecule is COc1ccc(Br)c(CN[C@@H](C)C2CCCCC2)c1. The highest BCUT2D eigenvalue weighted by molar-refractivity contribution is 9.10. The van der Waals surface area contributed by atoms with Gasteiger partial charge in [0.05, 0.1) is 7.11 Å². The topological polar surface area (TPSA) is 21.3 Å². The molecule has 1 aliphatic rings. The number of hydrogen-bond acceptors (Lipinski definition) is 2. The molecule has 3 heteroatoms. The van der Waals surface area contributed by atoms with Gasteiger partial charge in [-0.3, -0.25) is 0 Å². The van der Waals surface area contributed by atoms with Crippen LogP contribution in [0.5, 0.6) is 5.75 Å². The minimum absolute atomic E-state index is 0.596. The van der Waals surface area contributed by atoms with Crippen molar-refractivity contribution in [3.63, 3.8) is 0 Å². The molecule has 0 radical (unpaired) electrons. The van der Waals surface area contributed by atoms with Gasteiger partial charge >= 0.3 is 0 Å². The molecule has 2 nitrogen and oxygen atoms in total. The Morgan fingerprint density at radius 3 is 2.74 bits per heavy atom. The fraction of sp³-hybridized carbons (Fsp3) is 0.625. The molecule has 0 aromatic heterocycles. The van der Waals surface area contributed by atoms with Crippen molar-refractivity contribution in [3.05, 3.63) is 28.2 Å². The van der Waals surface area contributed by atoms with Crippen LogP contribution in [-0.2, 0) is 6.54 Å². The van der Waals surface area contributed by atoms with Crippen molar-refractivity contribution in [1.82, 2.24) is 5.32 Å². The maximum atomic E-state index is 5.28. The first kappa shape index (κ1) is 14.9. The van der Waals surface area contributed by atoms with Crippen LogP contribution in [0.1, 0.15) is 44.6 Å². The molecule has 0 heterocycles. The Kier molecular flexibility index (Phi) is 5.71. The van der Waals surface area contributed by atoms with Crippen molar-refractivity contribution in [1.29, 1.82) is 0 Å². The Balaban J connectivity index is 1.90. The number of rotatable bonds is 5. The second-order valence-electron chi connectivity index (χ2n) is 5.53. The lowest BCUT2D eigenvalue weighted by molar-refractivity contribution is 0.280. The molecule has 1 aliphatic carbocycles. The highest BCUT2D eigenvalue weighted by Crippen LogP contribution is 2.27. The van der Waals surface area contributed by atoms with E-state index in [1.54, 1.807) is 7.11 Å². The lowest BCUT2D eigenvalue weighted by atomic mass is 9.84. The van der Waals surface area contributed by atoms with Crippen molar-refractivity contribution < 1.29 is 4.74 Å². The number of benzene rings is 1. The van der Waals surface area contributed by atoms with Gasteiger partial charge < -0.3 is 10.1 Å². The first-order valence-corrected chi connectivity index (χ1v) is 8.06. The molecule has 0 unspecified atom stereocenters. The minimum atomic E-state index is 0.596. The molecule has 1 saturated carbocycles. The fourth-order valence-electron chi connectivity index (χ4n) is 2.89. The summed E-state index contributed by atoms with van der Waals surface area (Å²) in [7, 11) is 1.71. The van der Waals surface area contributed by atoms with Gasteiger partial charge in [0.25, 0.3) is 0 Å². The Bertz CT molecular complexity index is 402. The summed E-state index contributed by atoms with van der Waals surface area (Å²) in [6.07, 6.45) is 6.99. The number of nitrogens with one attached hydrogen (secondary N) is 1. The van der Waals surface area contributed by atoms with Gasteiger partial charge in [-0.2, -0.15) is 0 Å². The number of hydrogen-bond donors (Lipinski definition) is 1. The van der Waals surface area contributed by atoms with E-state index in [9.17, 15) is 0 Å². The smallest absolute Gasteiger partial charge is 0.119 e. The number of methoxy groups -OCH3 is 1. The largest absolute Gasteiger partial charge is 0.497 e. The third-order valence-corrected chi connectivity index (χ3v) is 5.00. The molecule has 0 bridgehead atoms. The van der Waals surface area contributed by atoms with E-state index in [-0.39, 0.29) is 0 Å². The van der Waals surface area contributed by atoms with Crippen LogP contribution in [0, 0.1) is 5.92 Å². The van der Waals surface area contributed by atoms with Crippen molar-refractivity contribution >= 4 is 15.9 Å². The van der Waals surface area contributed by atoms with Gasteiger partial charge in [-0.15, -0.1) is 0 Å². The normalized spacial score (nSPS) is 18.3. The predicted octanol–water partition coefficient (Wildman–Crippen LogP) is 4.52. The zero-order valence-electron chi connectivity index (χ0n) is 11.9. The van der Waals surface area contributed by atoms with Crippen LogP contribution in [0.4, 0.5) is 0 Å². The van der Waals surface area contributed by atoms with Crippen LogP contribution in [-0.4, -0.2) is 13.2 Å². The van der Waals surface area contributed by atoms with Crippen molar-refractivity contribution in [2.24, 2.45) is 5.92 Å². The Hall–Kier alpha value is -0.540. The van der Waals surface area contributed by atoms with Crippen LogP contribution in [0.15, 0.2) is 22.7 Å². The van der Waals surface area contributed by atoms with Gasteiger partial charge in [0.15, 0.2) is 0 Å². The lowest BCUT2D eigenvalue weighted by Gasteiger charge is -2.28. The maximum Gasteiger partial charge on any atom is 0.119 e. The standard InChI is InChI=1S/C16H24BrNO/c1-12(13-6-4-3-5-7-13)18-11-14-10-15(19-2)8-9-16(14)17/h8-10,12-13,18H,3-7,11H2,1-2H3/t12-/m0/s1. The van der Waals surface area contributed by atoms with Crippen molar-refractivity contribution in [3.8, 4) is 5.75 Å². The van der Waals surface area contributed by atoms with Gasteiger partial charge in [0, 0.05) is 17.1 Å². The first-order chi connectivity index (χ1) is 9.20. The summed E-state index contributed by atoms with van der Waals surface area (Å²) in [5, 5.41) is 3.68. The van der Waals surface area contributed by atoms with E-state index in [1.807, 2.05) is 6.07 Å². The van der Waals surface area contributed by atoms with E-state index < -0.39 is 0 Å². The predicted molar refractivity (Wildman–Crippen MR) is 83.6 cm³/mol. The van der Waals surface area contributed by atoms with Crippen LogP contribution in [0.25, 0.3) is 0 Å². The van der Waals surface area contributed by atoms with E-state index in [1.165, 1.54) is 37.7 Å². The van der Waals surface area contributed by atoms with E-state index >= 15 is 0 Å². The second-order valence-corrected chi connectivity index (χ2v) is 6.38. The van der Waals surface area contributed by atoms with E-state index in [0.29, 0.717) is 6.04 Å². The Morgan fingerprint density at radius 2 is 2.05 bits per heavy atom. The van der Waals surface area contributed by atoms with Crippen LogP contribution < -0.4 is 10.1 Å². The fourth-order valence-corrected chi connectivity index (χ4v) is 3.27. The molecule has 0 amide bonds. The molecule has 19 heavy (non-hydrogen) atoms. The van der Waals surface area contributed by atoms with Gasteiger partial charge in [-0.1, -0.05) is 35.2 Å². The summed E-state index contributed by atoms with van der Waals surface area (Å²) < 4.78 is 6.43. The molecule has 0 aliphatic heterocycles. The molecule has 1 fully saturated rings. The van der Waals surface area contributed by atoms with Gasteiger partial charge in [0.1, 0.15) is 5.75 Å². The third kappa shape index (κ3) is 4.22. The number of ether oxygens (including phenoxy) is 1. The summed E-state index contributed by atoms with van der Waals surface area (Å²) in [4.78, 5) is 0. The van der Waals surface area contributed by atoms with Crippen LogP contribution in [0.3, 0.4) is 0 Å². The first-order valence-electron chi connectivity index (χ1n) is 7.26.